The second-order valence-electron chi connectivity index (χ2n) is 8.37. The average Bonchev–Trinajstić information content (AvgIpc) is 2.44. The van der Waals surface area contributed by atoms with Crippen LogP contribution in [0.2, 0.25) is 0 Å². The Labute approximate surface area is 132 Å². The fourth-order valence-electron chi connectivity index (χ4n) is 3.30. The molecule has 0 atom stereocenters. The standard InChI is InChI=1S/C19H36O2/c1-8-19(9-2,15-13-11-10-12-14-15)21-16(20)18(6,7)17(3,4)5/h15H,8-14H2,1-7H3. The van der Waals surface area contributed by atoms with E-state index < -0.39 is 5.41 Å². The number of hydrogen-bond acceptors (Lipinski definition) is 2. The first kappa shape index (κ1) is 18.5. The van der Waals surface area contributed by atoms with Crippen LogP contribution in [0.5, 0.6) is 0 Å². The van der Waals surface area contributed by atoms with Gasteiger partial charge in [0, 0.05) is 0 Å². The summed E-state index contributed by atoms with van der Waals surface area (Å²) in [6, 6.07) is 0. The van der Waals surface area contributed by atoms with Crippen LogP contribution in [0.25, 0.3) is 0 Å². The molecule has 0 N–H and O–H groups in total. The molecular formula is C19H36O2. The highest BCUT2D eigenvalue weighted by molar-refractivity contribution is 5.77. The van der Waals surface area contributed by atoms with Gasteiger partial charge in [-0.3, -0.25) is 4.79 Å². The van der Waals surface area contributed by atoms with Gasteiger partial charge in [0.25, 0.3) is 0 Å². The predicted molar refractivity (Wildman–Crippen MR) is 89.2 cm³/mol. The van der Waals surface area contributed by atoms with Gasteiger partial charge in [-0.15, -0.1) is 0 Å². The van der Waals surface area contributed by atoms with Gasteiger partial charge in [0.05, 0.1) is 5.41 Å². The molecule has 1 rings (SSSR count). The van der Waals surface area contributed by atoms with Gasteiger partial charge in [0.1, 0.15) is 5.60 Å². The summed E-state index contributed by atoms with van der Waals surface area (Å²) in [7, 11) is 0. The molecule has 0 radical (unpaired) electrons. The summed E-state index contributed by atoms with van der Waals surface area (Å²) in [5, 5.41) is 0. The zero-order valence-corrected chi connectivity index (χ0v) is 15.3. The molecule has 1 fully saturated rings. The molecule has 0 aromatic carbocycles. The van der Waals surface area contributed by atoms with E-state index in [1.54, 1.807) is 0 Å². The van der Waals surface area contributed by atoms with Crippen LogP contribution in [-0.2, 0) is 9.53 Å². The smallest absolute Gasteiger partial charge is 0.312 e. The maximum atomic E-state index is 12.9. The van der Waals surface area contributed by atoms with E-state index in [4.69, 9.17) is 4.74 Å². The summed E-state index contributed by atoms with van der Waals surface area (Å²) >= 11 is 0. The van der Waals surface area contributed by atoms with Gasteiger partial charge < -0.3 is 4.74 Å². The second kappa shape index (κ2) is 6.71. The van der Waals surface area contributed by atoms with Crippen LogP contribution >= 0.6 is 0 Å². The number of carbonyl (C=O) groups excluding carboxylic acids is 1. The molecule has 0 spiro atoms. The molecule has 124 valence electrons. The fraction of sp³-hybridized carbons (Fsp3) is 0.947. The van der Waals surface area contributed by atoms with Gasteiger partial charge >= 0.3 is 5.97 Å². The van der Waals surface area contributed by atoms with Gasteiger partial charge in [-0.05, 0) is 50.9 Å². The molecule has 0 unspecified atom stereocenters. The summed E-state index contributed by atoms with van der Waals surface area (Å²) in [6.07, 6.45) is 8.19. The molecule has 0 saturated heterocycles. The Kier molecular flexibility index (Phi) is 5.91. The Morgan fingerprint density at radius 2 is 1.43 bits per heavy atom. The van der Waals surface area contributed by atoms with Crippen molar-refractivity contribution < 1.29 is 9.53 Å². The van der Waals surface area contributed by atoms with Crippen LogP contribution in [0.4, 0.5) is 0 Å². The monoisotopic (exact) mass is 296 g/mol. The third-order valence-corrected chi connectivity index (χ3v) is 6.23. The highest BCUT2D eigenvalue weighted by atomic mass is 16.6. The molecule has 0 aliphatic heterocycles. The molecule has 2 nitrogen and oxygen atoms in total. The van der Waals surface area contributed by atoms with E-state index in [1.807, 2.05) is 13.8 Å². The molecule has 1 aliphatic carbocycles. The lowest BCUT2D eigenvalue weighted by Gasteiger charge is -2.45. The van der Waals surface area contributed by atoms with Crippen molar-refractivity contribution in [3.63, 3.8) is 0 Å². The molecule has 0 bridgehead atoms. The van der Waals surface area contributed by atoms with Gasteiger partial charge in [0.2, 0.25) is 0 Å². The van der Waals surface area contributed by atoms with Crippen molar-refractivity contribution in [1.82, 2.24) is 0 Å². The van der Waals surface area contributed by atoms with Crippen molar-refractivity contribution in [2.24, 2.45) is 16.7 Å². The van der Waals surface area contributed by atoms with Crippen molar-refractivity contribution in [2.75, 3.05) is 0 Å². The molecule has 0 aromatic rings. The Balaban J connectivity index is 2.94. The maximum Gasteiger partial charge on any atom is 0.312 e. The zero-order valence-electron chi connectivity index (χ0n) is 15.3. The Morgan fingerprint density at radius 1 is 0.952 bits per heavy atom. The summed E-state index contributed by atoms with van der Waals surface area (Å²) in [5.41, 5.74) is -0.804. The predicted octanol–water partition coefficient (Wildman–Crippen LogP) is 5.74. The Hall–Kier alpha value is -0.530. The molecule has 1 aliphatic rings. The summed E-state index contributed by atoms with van der Waals surface area (Å²) in [6.45, 7) is 14.8. The van der Waals surface area contributed by atoms with Crippen LogP contribution in [-0.4, -0.2) is 11.6 Å². The zero-order chi connectivity index (χ0) is 16.3. The third-order valence-electron chi connectivity index (χ3n) is 6.23. The number of ether oxygens (including phenoxy) is 1. The van der Waals surface area contributed by atoms with Crippen LogP contribution in [0.3, 0.4) is 0 Å². The van der Waals surface area contributed by atoms with Crippen molar-refractivity contribution in [2.45, 2.75) is 99.0 Å². The van der Waals surface area contributed by atoms with E-state index in [0.717, 1.165) is 12.8 Å². The van der Waals surface area contributed by atoms with E-state index in [2.05, 4.69) is 34.6 Å². The largest absolute Gasteiger partial charge is 0.458 e. The summed E-state index contributed by atoms with van der Waals surface area (Å²) in [4.78, 5) is 12.9. The highest BCUT2D eigenvalue weighted by Gasteiger charge is 2.46. The van der Waals surface area contributed by atoms with Gasteiger partial charge in [-0.1, -0.05) is 53.9 Å². The maximum absolute atomic E-state index is 12.9. The number of esters is 1. The molecule has 2 heteroatoms. The first-order valence-corrected chi connectivity index (χ1v) is 8.84. The van der Waals surface area contributed by atoms with Gasteiger partial charge in [-0.2, -0.15) is 0 Å². The number of hydrogen-bond donors (Lipinski definition) is 0. The van der Waals surface area contributed by atoms with Crippen molar-refractivity contribution >= 4 is 5.97 Å². The topological polar surface area (TPSA) is 26.3 Å². The van der Waals surface area contributed by atoms with Crippen LogP contribution < -0.4 is 0 Å². The molecule has 0 heterocycles. The minimum atomic E-state index is -0.461. The quantitative estimate of drug-likeness (QED) is 0.605. The lowest BCUT2D eigenvalue weighted by Crippen LogP contribution is -2.48. The number of rotatable bonds is 5. The van der Waals surface area contributed by atoms with E-state index >= 15 is 0 Å². The molecule has 1 saturated carbocycles. The van der Waals surface area contributed by atoms with E-state index in [9.17, 15) is 4.79 Å². The van der Waals surface area contributed by atoms with E-state index in [1.165, 1.54) is 32.1 Å². The van der Waals surface area contributed by atoms with Crippen molar-refractivity contribution in [3.8, 4) is 0 Å². The summed E-state index contributed by atoms with van der Waals surface area (Å²) in [5.74, 6) is 0.519. The summed E-state index contributed by atoms with van der Waals surface area (Å²) < 4.78 is 6.23. The van der Waals surface area contributed by atoms with Crippen LogP contribution in [0.15, 0.2) is 0 Å². The van der Waals surface area contributed by atoms with Gasteiger partial charge in [-0.25, -0.2) is 0 Å². The first-order valence-electron chi connectivity index (χ1n) is 8.84. The third kappa shape index (κ3) is 3.81. The normalized spacial score (nSPS) is 18.6. The lowest BCUT2D eigenvalue weighted by molar-refractivity contribution is -0.186. The minimum Gasteiger partial charge on any atom is -0.458 e. The van der Waals surface area contributed by atoms with Crippen molar-refractivity contribution in [1.29, 1.82) is 0 Å². The second-order valence-corrected chi connectivity index (χ2v) is 8.37. The molecule has 21 heavy (non-hydrogen) atoms. The Bertz CT molecular complexity index is 339. The Morgan fingerprint density at radius 3 is 1.81 bits per heavy atom. The average molecular weight is 296 g/mol. The van der Waals surface area contributed by atoms with Crippen LogP contribution in [0.1, 0.15) is 93.4 Å². The minimum absolute atomic E-state index is 0.0238. The molecule has 0 amide bonds. The fourth-order valence-corrected chi connectivity index (χ4v) is 3.30. The van der Waals surface area contributed by atoms with E-state index in [-0.39, 0.29) is 17.0 Å². The highest BCUT2D eigenvalue weighted by Crippen LogP contribution is 2.44. The van der Waals surface area contributed by atoms with Gasteiger partial charge in [0.15, 0.2) is 0 Å². The van der Waals surface area contributed by atoms with Crippen LogP contribution in [0, 0.1) is 16.7 Å². The molecular weight excluding hydrogens is 260 g/mol. The first-order chi connectivity index (χ1) is 9.60. The SMILES string of the molecule is CCC(CC)(OC(=O)C(C)(C)C(C)(C)C)C1CCCCC1. The van der Waals surface area contributed by atoms with E-state index in [0.29, 0.717) is 5.92 Å². The van der Waals surface area contributed by atoms with Crippen molar-refractivity contribution in [3.05, 3.63) is 0 Å². The number of carbonyl (C=O) groups is 1. The molecule has 0 aromatic heterocycles. The lowest BCUT2D eigenvalue weighted by atomic mass is 9.68.